The minimum atomic E-state index is -0.193. The molecule has 1 aliphatic heterocycles. The number of rotatable bonds is 5. The van der Waals surface area contributed by atoms with Crippen molar-refractivity contribution in [3.05, 3.63) is 70.3 Å². The number of ketones is 1. The van der Waals surface area contributed by atoms with Crippen molar-refractivity contribution in [2.24, 2.45) is 0 Å². The highest BCUT2D eigenvalue weighted by molar-refractivity contribution is 6.15. The zero-order valence-electron chi connectivity index (χ0n) is 15.2. The monoisotopic (exact) mass is 372 g/mol. The lowest BCUT2D eigenvalue weighted by Gasteiger charge is -2.13. The second-order valence-electron chi connectivity index (χ2n) is 6.68. The molecule has 0 aromatic heterocycles. The summed E-state index contributed by atoms with van der Waals surface area (Å²) < 4.78 is 0. The number of amides is 1. The van der Waals surface area contributed by atoms with E-state index in [2.05, 4.69) is 10.6 Å². The fourth-order valence-corrected chi connectivity index (χ4v) is 3.16. The van der Waals surface area contributed by atoms with Gasteiger partial charge in [-0.2, -0.15) is 0 Å². The molecule has 2 aromatic carbocycles. The van der Waals surface area contributed by atoms with Gasteiger partial charge in [-0.1, -0.05) is 30.3 Å². The Morgan fingerprint density at radius 1 is 1.08 bits per heavy atom. The summed E-state index contributed by atoms with van der Waals surface area (Å²) in [6.45, 7) is 5.59. The third-order valence-electron chi connectivity index (χ3n) is 4.86. The fourth-order valence-electron chi connectivity index (χ4n) is 3.16. The van der Waals surface area contributed by atoms with E-state index in [-0.39, 0.29) is 24.1 Å². The number of carbonyl (C=O) groups excluding carboxylic acids is 2. The first kappa shape index (κ1) is 20.1. The minimum Gasteiger partial charge on any atom is -0.350 e. The molecule has 1 saturated heterocycles. The standard InChI is InChI=1S/C21H24N2O2.ClH/c1-14-9-10-16(12-15(14)2)20(24)18-7-3-4-8-19(18)21(25)23-13-17-6-5-11-22-17;/h3-4,7-10,12,17,22H,5-6,11,13H2,1-2H3,(H,23,25);1H. The summed E-state index contributed by atoms with van der Waals surface area (Å²) in [5.41, 5.74) is 3.71. The largest absolute Gasteiger partial charge is 0.350 e. The summed E-state index contributed by atoms with van der Waals surface area (Å²) in [6.07, 6.45) is 2.21. The maximum absolute atomic E-state index is 12.9. The van der Waals surface area contributed by atoms with Crippen molar-refractivity contribution >= 4 is 24.1 Å². The molecular weight excluding hydrogens is 348 g/mol. The van der Waals surface area contributed by atoms with Gasteiger partial charge < -0.3 is 10.6 Å². The van der Waals surface area contributed by atoms with Gasteiger partial charge in [-0.05, 0) is 56.5 Å². The van der Waals surface area contributed by atoms with Gasteiger partial charge in [0.1, 0.15) is 0 Å². The number of hydrogen-bond acceptors (Lipinski definition) is 3. The number of hydrogen-bond donors (Lipinski definition) is 2. The van der Waals surface area contributed by atoms with E-state index >= 15 is 0 Å². The van der Waals surface area contributed by atoms with Crippen molar-refractivity contribution in [2.75, 3.05) is 13.1 Å². The van der Waals surface area contributed by atoms with Crippen LogP contribution in [0, 0.1) is 13.8 Å². The molecule has 2 N–H and O–H groups in total. The molecule has 2 aromatic rings. The van der Waals surface area contributed by atoms with Crippen LogP contribution in [0.4, 0.5) is 0 Å². The van der Waals surface area contributed by atoms with Crippen LogP contribution in [0.15, 0.2) is 42.5 Å². The number of aryl methyl sites for hydroxylation is 2. The van der Waals surface area contributed by atoms with Crippen LogP contribution in [0.2, 0.25) is 0 Å². The second kappa shape index (κ2) is 8.97. The van der Waals surface area contributed by atoms with Crippen LogP contribution in [0.5, 0.6) is 0 Å². The zero-order chi connectivity index (χ0) is 17.8. The van der Waals surface area contributed by atoms with Crippen molar-refractivity contribution in [3.63, 3.8) is 0 Å². The Bertz CT molecular complexity index is 798. The number of carbonyl (C=O) groups is 2. The SMILES string of the molecule is Cc1ccc(C(=O)c2ccccc2C(=O)NCC2CCCN2)cc1C.Cl. The van der Waals surface area contributed by atoms with Crippen LogP contribution in [-0.4, -0.2) is 30.8 Å². The van der Waals surface area contributed by atoms with Gasteiger partial charge in [0.25, 0.3) is 5.91 Å². The molecule has 0 spiro atoms. The number of halogens is 1. The topological polar surface area (TPSA) is 58.2 Å². The van der Waals surface area contributed by atoms with Crippen LogP contribution in [0.1, 0.15) is 50.2 Å². The van der Waals surface area contributed by atoms with Crippen molar-refractivity contribution in [3.8, 4) is 0 Å². The van der Waals surface area contributed by atoms with Crippen LogP contribution in [-0.2, 0) is 0 Å². The molecule has 1 aliphatic rings. The van der Waals surface area contributed by atoms with Crippen LogP contribution in [0.3, 0.4) is 0 Å². The molecule has 4 nitrogen and oxygen atoms in total. The van der Waals surface area contributed by atoms with Gasteiger partial charge in [0.15, 0.2) is 5.78 Å². The van der Waals surface area contributed by atoms with E-state index in [9.17, 15) is 9.59 Å². The van der Waals surface area contributed by atoms with E-state index in [1.54, 1.807) is 24.3 Å². The quantitative estimate of drug-likeness (QED) is 0.790. The average Bonchev–Trinajstić information content (AvgIpc) is 3.15. The number of nitrogens with one attached hydrogen (secondary N) is 2. The molecule has 0 radical (unpaired) electrons. The Labute approximate surface area is 160 Å². The van der Waals surface area contributed by atoms with Gasteiger partial charge in [0, 0.05) is 23.7 Å². The first-order valence-electron chi connectivity index (χ1n) is 8.79. The molecule has 1 atom stereocenters. The van der Waals surface area contributed by atoms with Gasteiger partial charge in [-0.25, -0.2) is 0 Å². The molecule has 1 amide bonds. The summed E-state index contributed by atoms with van der Waals surface area (Å²) >= 11 is 0. The molecule has 0 bridgehead atoms. The van der Waals surface area contributed by atoms with Gasteiger partial charge in [0.05, 0.1) is 5.56 Å². The average molecular weight is 373 g/mol. The summed E-state index contributed by atoms with van der Waals surface area (Å²) in [5, 5.41) is 6.31. The molecule has 5 heteroatoms. The molecule has 1 heterocycles. The third kappa shape index (κ3) is 4.51. The molecule has 138 valence electrons. The predicted octanol–water partition coefficient (Wildman–Crippen LogP) is 3.44. The Balaban J connectivity index is 0.00000243. The molecular formula is C21H25ClN2O2. The fraction of sp³-hybridized carbons (Fsp3) is 0.333. The van der Waals surface area contributed by atoms with Gasteiger partial charge in [-0.15, -0.1) is 12.4 Å². The molecule has 1 fully saturated rings. The van der Waals surface area contributed by atoms with Crippen LogP contribution >= 0.6 is 12.4 Å². The van der Waals surface area contributed by atoms with Gasteiger partial charge in [-0.3, -0.25) is 9.59 Å². The highest BCUT2D eigenvalue weighted by Crippen LogP contribution is 2.17. The molecule has 1 unspecified atom stereocenters. The van der Waals surface area contributed by atoms with Crippen molar-refractivity contribution in [1.82, 2.24) is 10.6 Å². The molecule has 26 heavy (non-hydrogen) atoms. The van der Waals surface area contributed by atoms with Crippen molar-refractivity contribution < 1.29 is 9.59 Å². The van der Waals surface area contributed by atoms with E-state index < -0.39 is 0 Å². The van der Waals surface area contributed by atoms with Gasteiger partial charge >= 0.3 is 0 Å². The van der Waals surface area contributed by atoms with Crippen LogP contribution < -0.4 is 10.6 Å². The van der Waals surface area contributed by atoms with Crippen molar-refractivity contribution in [1.29, 1.82) is 0 Å². The van der Waals surface area contributed by atoms with E-state index in [0.717, 1.165) is 30.5 Å². The summed E-state index contributed by atoms with van der Waals surface area (Å²) in [7, 11) is 0. The highest BCUT2D eigenvalue weighted by Gasteiger charge is 2.20. The van der Waals surface area contributed by atoms with E-state index in [0.29, 0.717) is 29.3 Å². The minimum absolute atomic E-state index is 0. The lowest BCUT2D eigenvalue weighted by atomic mass is 9.95. The third-order valence-corrected chi connectivity index (χ3v) is 4.86. The Hall–Kier alpha value is -2.17. The molecule has 3 rings (SSSR count). The first-order valence-corrected chi connectivity index (χ1v) is 8.79. The van der Waals surface area contributed by atoms with E-state index in [1.165, 1.54) is 0 Å². The summed E-state index contributed by atoms with van der Waals surface area (Å²) in [6, 6.07) is 13.0. The zero-order valence-corrected chi connectivity index (χ0v) is 16.0. The normalized spacial score (nSPS) is 16.0. The maximum Gasteiger partial charge on any atom is 0.252 e. The second-order valence-corrected chi connectivity index (χ2v) is 6.68. The smallest absolute Gasteiger partial charge is 0.252 e. The van der Waals surface area contributed by atoms with Crippen molar-refractivity contribution in [2.45, 2.75) is 32.7 Å². The Morgan fingerprint density at radius 2 is 1.81 bits per heavy atom. The molecule has 0 saturated carbocycles. The predicted molar refractivity (Wildman–Crippen MR) is 106 cm³/mol. The summed E-state index contributed by atoms with van der Waals surface area (Å²) in [5.74, 6) is -0.311. The lowest BCUT2D eigenvalue weighted by molar-refractivity contribution is 0.0939. The Kier molecular flexibility index (Phi) is 6.95. The highest BCUT2D eigenvalue weighted by atomic mass is 35.5. The first-order chi connectivity index (χ1) is 12.1. The van der Waals surface area contributed by atoms with Crippen LogP contribution in [0.25, 0.3) is 0 Å². The number of benzene rings is 2. The lowest BCUT2D eigenvalue weighted by Crippen LogP contribution is -2.37. The Morgan fingerprint density at radius 3 is 2.46 bits per heavy atom. The van der Waals surface area contributed by atoms with E-state index in [1.807, 2.05) is 32.0 Å². The summed E-state index contributed by atoms with van der Waals surface area (Å²) in [4.78, 5) is 25.5. The van der Waals surface area contributed by atoms with E-state index in [4.69, 9.17) is 0 Å². The van der Waals surface area contributed by atoms with Gasteiger partial charge in [0.2, 0.25) is 0 Å². The maximum atomic E-state index is 12.9. The molecule has 0 aliphatic carbocycles.